The minimum atomic E-state index is -4.28. The van der Waals surface area contributed by atoms with Crippen molar-refractivity contribution < 1.29 is 13.2 Å². The van der Waals surface area contributed by atoms with Crippen LogP contribution in [-0.4, -0.2) is 4.57 Å². The molecule has 0 aliphatic carbocycles. The van der Waals surface area contributed by atoms with Crippen LogP contribution in [0.15, 0.2) is 42.7 Å². The lowest BCUT2D eigenvalue weighted by Crippen LogP contribution is -2.02. The van der Waals surface area contributed by atoms with E-state index >= 15 is 0 Å². The zero-order valence-electron chi connectivity index (χ0n) is 8.62. The first-order valence-electron chi connectivity index (χ1n) is 4.79. The molecule has 0 atom stereocenters. The van der Waals surface area contributed by atoms with Gasteiger partial charge in [-0.2, -0.15) is 13.2 Å². The zero-order valence-corrected chi connectivity index (χ0v) is 8.62. The average Bonchev–Trinajstić information content (AvgIpc) is 2.65. The first kappa shape index (κ1) is 10.8. The van der Waals surface area contributed by atoms with Crippen molar-refractivity contribution in [3.63, 3.8) is 0 Å². The lowest BCUT2D eigenvalue weighted by atomic mass is 10.2. The largest absolute Gasteiger partial charge is 0.417 e. The fourth-order valence-electron chi connectivity index (χ4n) is 1.51. The van der Waals surface area contributed by atoms with Crippen LogP contribution < -0.4 is 0 Å². The van der Waals surface area contributed by atoms with Crippen LogP contribution in [0.1, 0.15) is 11.1 Å². The minimum Gasteiger partial charge on any atom is -0.323 e. The van der Waals surface area contributed by atoms with Crippen molar-refractivity contribution in [2.24, 2.45) is 0 Å². The highest BCUT2D eigenvalue weighted by molar-refractivity contribution is 5.37. The second kappa shape index (κ2) is 3.70. The van der Waals surface area contributed by atoms with Gasteiger partial charge in [-0.05, 0) is 30.7 Å². The Balaban J connectivity index is 2.39. The summed E-state index contributed by atoms with van der Waals surface area (Å²) in [5.74, 6) is 0. The summed E-state index contributed by atoms with van der Waals surface area (Å²) < 4.78 is 38.6. The van der Waals surface area contributed by atoms with Crippen LogP contribution in [0.2, 0.25) is 0 Å². The Morgan fingerprint density at radius 3 is 2.44 bits per heavy atom. The Hall–Kier alpha value is -1.71. The van der Waals surface area contributed by atoms with E-state index in [1.165, 1.54) is 10.8 Å². The number of hydrogen-bond donors (Lipinski definition) is 0. The Labute approximate surface area is 91.1 Å². The van der Waals surface area contributed by atoms with Crippen molar-refractivity contribution in [3.05, 3.63) is 53.9 Å². The van der Waals surface area contributed by atoms with Gasteiger partial charge in [0.15, 0.2) is 0 Å². The van der Waals surface area contributed by atoms with Crippen molar-refractivity contribution >= 4 is 0 Å². The van der Waals surface area contributed by atoms with E-state index in [9.17, 15) is 13.2 Å². The van der Waals surface area contributed by atoms with Crippen molar-refractivity contribution in [3.8, 4) is 5.69 Å². The summed E-state index contributed by atoms with van der Waals surface area (Å²) in [5, 5.41) is 0. The topological polar surface area (TPSA) is 4.93 Å². The third-order valence-electron chi connectivity index (χ3n) is 2.32. The summed E-state index contributed by atoms with van der Waals surface area (Å²) >= 11 is 0. The highest BCUT2D eigenvalue weighted by Gasteiger charge is 2.31. The second-order valence-electron chi connectivity index (χ2n) is 3.64. The molecule has 0 fully saturated rings. The van der Waals surface area contributed by atoms with Crippen LogP contribution in [0.5, 0.6) is 0 Å². The van der Waals surface area contributed by atoms with E-state index in [0.717, 1.165) is 23.5 Å². The number of hydrogen-bond acceptors (Lipinski definition) is 0. The first-order valence-corrected chi connectivity index (χ1v) is 4.79. The number of halogens is 3. The molecule has 0 N–H and O–H groups in total. The molecule has 1 nitrogen and oxygen atoms in total. The molecule has 0 aliphatic rings. The van der Waals surface area contributed by atoms with Crippen molar-refractivity contribution in [2.75, 3.05) is 0 Å². The van der Waals surface area contributed by atoms with E-state index in [0.29, 0.717) is 0 Å². The van der Waals surface area contributed by atoms with Crippen LogP contribution in [0.4, 0.5) is 13.2 Å². The Kier molecular flexibility index (Phi) is 2.50. The van der Waals surface area contributed by atoms with Gasteiger partial charge in [0.2, 0.25) is 0 Å². The lowest BCUT2D eigenvalue weighted by molar-refractivity contribution is -0.137. The van der Waals surface area contributed by atoms with E-state index in [1.807, 2.05) is 25.1 Å². The van der Waals surface area contributed by atoms with Crippen LogP contribution in [0.25, 0.3) is 5.69 Å². The number of rotatable bonds is 1. The van der Waals surface area contributed by atoms with Crippen LogP contribution in [0.3, 0.4) is 0 Å². The molecule has 1 aromatic heterocycles. The van der Waals surface area contributed by atoms with Crippen LogP contribution in [-0.2, 0) is 6.18 Å². The molecule has 0 radical (unpaired) electrons. The summed E-state index contributed by atoms with van der Waals surface area (Å²) in [6.07, 6.45) is -1.78. The third-order valence-corrected chi connectivity index (χ3v) is 2.32. The highest BCUT2D eigenvalue weighted by atomic mass is 19.4. The molecule has 2 aromatic rings. The van der Waals surface area contributed by atoms with Gasteiger partial charge in [-0.25, -0.2) is 0 Å². The molecule has 0 saturated heterocycles. The van der Waals surface area contributed by atoms with Crippen molar-refractivity contribution in [1.29, 1.82) is 0 Å². The molecule has 0 spiro atoms. The molecule has 4 heteroatoms. The lowest BCUT2D eigenvalue weighted by Gasteiger charge is -2.04. The predicted molar refractivity (Wildman–Crippen MR) is 55.5 cm³/mol. The molecule has 0 bridgehead atoms. The molecule has 0 saturated carbocycles. The minimum absolute atomic E-state index is 0.631. The highest BCUT2D eigenvalue weighted by Crippen LogP contribution is 2.30. The molecule has 16 heavy (non-hydrogen) atoms. The third kappa shape index (κ3) is 2.10. The van der Waals surface area contributed by atoms with Gasteiger partial charge in [-0.3, -0.25) is 0 Å². The Bertz CT molecular complexity index is 497. The molecule has 84 valence electrons. The smallest absolute Gasteiger partial charge is 0.323 e. The molecular formula is C12H10F3N. The predicted octanol–water partition coefficient (Wildman–Crippen LogP) is 3.80. The second-order valence-corrected chi connectivity index (χ2v) is 3.64. The quantitative estimate of drug-likeness (QED) is 0.695. The van der Waals surface area contributed by atoms with Gasteiger partial charge < -0.3 is 4.57 Å². The SMILES string of the molecule is Cc1cccc(-n2ccc(C(F)(F)F)c2)c1. The van der Waals surface area contributed by atoms with Crippen LogP contribution >= 0.6 is 0 Å². The summed E-state index contributed by atoms with van der Waals surface area (Å²) in [6.45, 7) is 1.90. The van der Waals surface area contributed by atoms with Crippen LogP contribution in [0, 0.1) is 6.92 Å². The molecule has 2 rings (SSSR count). The zero-order chi connectivity index (χ0) is 11.8. The summed E-state index contributed by atoms with van der Waals surface area (Å²) in [7, 11) is 0. The van der Waals surface area contributed by atoms with Crippen molar-refractivity contribution in [1.82, 2.24) is 4.57 Å². The van der Waals surface area contributed by atoms with Gasteiger partial charge in [0, 0.05) is 18.1 Å². The fourth-order valence-corrected chi connectivity index (χ4v) is 1.51. The number of alkyl halides is 3. The first-order chi connectivity index (χ1) is 7.47. The van der Waals surface area contributed by atoms with Gasteiger partial charge >= 0.3 is 6.18 Å². The Morgan fingerprint density at radius 2 is 1.88 bits per heavy atom. The summed E-state index contributed by atoms with van der Waals surface area (Å²) in [5.41, 5.74) is 1.12. The molecule has 0 unspecified atom stereocenters. The fraction of sp³-hybridized carbons (Fsp3) is 0.167. The Morgan fingerprint density at radius 1 is 1.12 bits per heavy atom. The van der Waals surface area contributed by atoms with Gasteiger partial charge in [-0.15, -0.1) is 0 Å². The maximum Gasteiger partial charge on any atom is 0.417 e. The number of nitrogens with zero attached hydrogens (tertiary/aromatic N) is 1. The van der Waals surface area contributed by atoms with Gasteiger partial charge in [-0.1, -0.05) is 12.1 Å². The molecule has 0 aliphatic heterocycles. The van der Waals surface area contributed by atoms with Gasteiger partial charge in [0.05, 0.1) is 5.56 Å². The average molecular weight is 225 g/mol. The maximum atomic E-state index is 12.4. The van der Waals surface area contributed by atoms with E-state index in [-0.39, 0.29) is 0 Å². The molecule has 0 amide bonds. The van der Waals surface area contributed by atoms with E-state index in [2.05, 4.69) is 0 Å². The number of aromatic nitrogens is 1. The molecular weight excluding hydrogens is 215 g/mol. The summed E-state index contributed by atoms with van der Waals surface area (Å²) in [4.78, 5) is 0. The van der Waals surface area contributed by atoms with Gasteiger partial charge in [0.1, 0.15) is 0 Å². The van der Waals surface area contributed by atoms with E-state index < -0.39 is 11.7 Å². The monoisotopic (exact) mass is 225 g/mol. The molecule has 1 heterocycles. The van der Waals surface area contributed by atoms with Gasteiger partial charge in [0.25, 0.3) is 0 Å². The van der Waals surface area contributed by atoms with E-state index in [1.54, 1.807) is 6.07 Å². The number of aryl methyl sites for hydroxylation is 1. The maximum absolute atomic E-state index is 12.4. The number of benzene rings is 1. The standard InChI is InChI=1S/C12H10F3N/c1-9-3-2-4-11(7-9)16-6-5-10(8-16)12(13,14)15/h2-8H,1H3. The molecule has 1 aromatic carbocycles. The van der Waals surface area contributed by atoms with Crippen molar-refractivity contribution in [2.45, 2.75) is 13.1 Å². The normalized spacial score (nSPS) is 11.8. The van der Waals surface area contributed by atoms with E-state index in [4.69, 9.17) is 0 Å². The summed E-state index contributed by atoms with van der Waals surface area (Å²) in [6, 6.07) is 8.39.